The van der Waals surface area contributed by atoms with Crippen LogP contribution in [-0.4, -0.2) is 117 Å². The van der Waals surface area contributed by atoms with Crippen LogP contribution >= 0.6 is 0 Å². The highest BCUT2D eigenvalue weighted by Gasteiger charge is 2.65. The lowest BCUT2D eigenvalue weighted by molar-refractivity contribution is -0.256. The average molecular weight is 935 g/mol. The van der Waals surface area contributed by atoms with Crippen LogP contribution in [0.4, 0.5) is 4.79 Å². The number of benzene rings is 2. The maximum atomic E-state index is 14.6. The van der Waals surface area contributed by atoms with Gasteiger partial charge in [0.05, 0.1) is 57.3 Å². The zero-order valence-corrected chi connectivity index (χ0v) is 40.4. The molecule has 14 heteroatoms. The van der Waals surface area contributed by atoms with Gasteiger partial charge >= 0.3 is 6.09 Å². The van der Waals surface area contributed by atoms with Crippen molar-refractivity contribution in [3.8, 4) is 23.0 Å². The second-order valence-electron chi connectivity index (χ2n) is 17.9. The summed E-state index contributed by atoms with van der Waals surface area (Å²) < 4.78 is 38.1. The Balaban J connectivity index is 1.59. The molecule has 1 amide bonds. The van der Waals surface area contributed by atoms with E-state index >= 15 is 0 Å². The van der Waals surface area contributed by atoms with E-state index in [1.165, 1.54) is 52.7 Å². The first-order chi connectivity index (χ1) is 32.8. The molecule has 3 N–H and O–H groups in total. The molecule has 0 saturated heterocycles. The van der Waals surface area contributed by atoms with Gasteiger partial charge in [-0.25, -0.2) is 4.79 Å². The molecule has 2 aliphatic carbocycles. The highest BCUT2D eigenvalue weighted by Crippen LogP contribution is 2.62. The number of hydrogen-bond donors (Lipinski definition) is 3. The van der Waals surface area contributed by atoms with Crippen LogP contribution < -0.4 is 14.2 Å². The number of ether oxygens (including phenoxy) is 6. The number of amides is 1. The smallest absolute Gasteiger partial charge is 0.410 e. The van der Waals surface area contributed by atoms with E-state index in [9.17, 15) is 24.9 Å². The van der Waals surface area contributed by atoms with Gasteiger partial charge in [-0.2, -0.15) is 0 Å². The summed E-state index contributed by atoms with van der Waals surface area (Å²) in [6.45, 7) is 6.95. The van der Waals surface area contributed by atoms with Crippen molar-refractivity contribution in [3.05, 3.63) is 71.8 Å². The van der Waals surface area contributed by atoms with Gasteiger partial charge in [0, 0.05) is 37.7 Å². The molecule has 1 fully saturated rings. The van der Waals surface area contributed by atoms with Crippen molar-refractivity contribution >= 4 is 18.1 Å². The summed E-state index contributed by atoms with van der Waals surface area (Å²) in [6.07, 6.45) is 20.3. The summed E-state index contributed by atoms with van der Waals surface area (Å²) in [5.74, 6) is -0.272. The highest BCUT2D eigenvalue weighted by molar-refractivity contribution is 6.03. The number of aliphatic hydroxyl groups is 3. The van der Waals surface area contributed by atoms with Gasteiger partial charge in [0.2, 0.25) is 5.79 Å². The topological polar surface area (TPSA) is 175 Å². The van der Waals surface area contributed by atoms with E-state index in [1.807, 2.05) is 18.2 Å². The third-order valence-electron chi connectivity index (χ3n) is 13.5. The van der Waals surface area contributed by atoms with Gasteiger partial charge in [-0.3, -0.25) is 9.69 Å². The minimum atomic E-state index is -1.49. The van der Waals surface area contributed by atoms with E-state index in [2.05, 4.69) is 24.7 Å². The molecule has 3 aliphatic rings. The standard InChI is InChI=1S/C53H78N2O12/c1-5-7-8-9-10-11-12-13-14-19-31-64-52(60)55(26-32-63-33-29-58)49-37-46(54-62-4)44-35-39(20-15-17-27-56)43(21-16-18-28-57)50-45-36-42(66-41-22-24-47(61-3)40(34-41)38-59)23-25-48(45)67-53(49,51(44)50)65-30-6-2/h6,22-25,34-36,38-39,43,49-51,56-58H,2,5,7-21,26-33,37H2,1,3-4H3. The van der Waals surface area contributed by atoms with Crippen molar-refractivity contribution < 1.29 is 58.2 Å². The second-order valence-corrected chi connectivity index (χ2v) is 17.9. The fourth-order valence-corrected chi connectivity index (χ4v) is 10.4. The third-order valence-corrected chi connectivity index (χ3v) is 13.5. The molecule has 2 aromatic rings. The van der Waals surface area contributed by atoms with Crippen LogP contribution in [0.15, 0.2) is 65.9 Å². The van der Waals surface area contributed by atoms with E-state index in [4.69, 9.17) is 33.3 Å². The Bertz CT molecular complexity index is 1890. The quantitative estimate of drug-likeness (QED) is 0.0268. The number of carbonyl (C=O) groups excluding carboxylic acids is 2. The molecule has 0 radical (unpaired) electrons. The van der Waals surface area contributed by atoms with Gasteiger partial charge in [0.1, 0.15) is 36.1 Å². The van der Waals surface area contributed by atoms with Crippen LogP contribution in [0.2, 0.25) is 0 Å². The number of carbonyl (C=O) groups is 2. The number of allylic oxidation sites excluding steroid dienone is 1. The molecule has 14 nitrogen and oxygen atoms in total. The van der Waals surface area contributed by atoms with Crippen molar-refractivity contribution in [3.63, 3.8) is 0 Å². The monoisotopic (exact) mass is 935 g/mol. The minimum absolute atomic E-state index is 0.00146. The lowest BCUT2D eigenvalue weighted by atomic mass is 9.55. The van der Waals surface area contributed by atoms with Gasteiger partial charge in [-0.05, 0) is 85.9 Å². The fourth-order valence-electron chi connectivity index (χ4n) is 10.4. The van der Waals surface area contributed by atoms with Crippen molar-refractivity contribution in [1.29, 1.82) is 0 Å². The molecule has 67 heavy (non-hydrogen) atoms. The first kappa shape index (κ1) is 53.5. The summed E-state index contributed by atoms with van der Waals surface area (Å²) in [7, 11) is 3.03. The van der Waals surface area contributed by atoms with Gasteiger partial charge in [0.15, 0.2) is 6.29 Å². The Hall–Kier alpha value is -4.47. The second kappa shape index (κ2) is 28.8. The molecule has 5 rings (SSSR count). The Morgan fingerprint density at radius 2 is 1.57 bits per heavy atom. The van der Waals surface area contributed by atoms with E-state index in [0.717, 1.165) is 68.8 Å². The summed E-state index contributed by atoms with van der Waals surface area (Å²) in [6, 6.07) is 9.98. The molecule has 1 saturated carbocycles. The lowest BCUT2D eigenvalue weighted by Gasteiger charge is -2.59. The normalized spacial score (nSPS) is 22.2. The number of fused-ring (bicyclic) bond motifs is 2. The molecule has 0 spiro atoms. The maximum absolute atomic E-state index is 14.6. The molecule has 1 heterocycles. The molecule has 1 aliphatic heterocycles. The zero-order valence-electron chi connectivity index (χ0n) is 40.4. The lowest BCUT2D eigenvalue weighted by Crippen LogP contribution is -2.70. The van der Waals surface area contributed by atoms with E-state index < -0.39 is 23.8 Å². The largest absolute Gasteiger partial charge is 0.496 e. The number of rotatable bonds is 33. The predicted octanol–water partition coefficient (Wildman–Crippen LogP) is 9.93. The maximum Gasteiger partial charge on any atom is 0.410 e. The average Bonchev–Trinajstić information content (AvgIpc) is 3.34. The van der Waals surface area contributed by atoms with Gasteiger partial charge < -0.3 is 48.6 Å². The first-order valence-corrected chi connectivity index (χ1v) is 24.9. The van der Waals surface area contributed by atoms with E-state index in [1.54, 1.807) is 29.2 Å². The molecule has 2 aromatic carbocycles. The van der Waals surface area contributed by atoms with Crippen molar-refractivity contribution in [2.45, 2.75) is 134 Å². The number of oxime groups is 1. The Morgan fingerprint density at radius 1 is 0.866 bits per heavy atom. The molecule has 6 atom stereocenters. The Labute approximate surface area is 398 Å². The molecular formula is C53H78N2O12. The van der Waals surface area contributed by atoms with Crippen LogP contribution in [0.3, 0.4) is 0 Å². The number of unbranched alkanes of at least 4 members (excludes halogenated alkanes) is 11. The first-order valence-electron chi connectivity index (χ1n) is 24.9. The third kappa shape index (κ3) is 14.3. The number of aliphatic hydroxyl groups excluding tert-OH is 3. The van der Waals surface area contributed by atoms with Crippen LogP contribution in [-0.2, 0) is 19.0 Å². The summed E-state index contributed by atoms with van der Waals surface area (Å²) in [5, 5.41) is 34.1. The van der Waals surface area contributed by atoms with Crippen molar-refractivity contribution in [1.82, 2.24) is 4.90 Å². The van der Waals surface area contributed by atoms with E-state index in [-0.39, 0.29) is 77.0 Å². The van der Waals surface area contributed by atoms with Gasteiger partial charge in [0.25, 0.3) is 0 Å². The minimum Gasteiger partial charge on any atom is -0.496 e. The van der Waals surface area contributed by atoms with Crippen LogP contribution in [0, 0.1) is 17.8 Å². The predicted molar refractivity (Wildman–Crippen MR) is 258 cm³/mol. The number of methoxy groups -OCH3 is 1. The number of hydrogen-bond acceptors (Lipinski definition) is 13. The Morgan fingerprint density at radius 3 is 2.24 bits per heavy atom. The summed E-state index contributed by atoms with van der Waals surface area (Å²) in [5.41, 5.74) is 2.80. The number of nitrogens with zero attached hydrogens (tertiary/aromatic N) is 2. The van der Waals surface area contributed by atoms with E-state index in [0.29, 0.717) is 47.1 Å². The molecule has 6 unspecified atom stereocenters. The molecule has 0 bridgehead atoms. The van der Waals surface area contributed by atoms with Gasteiger partial charge in [-0.15, -0.1) is 6.58 Å². The summed E-state index contributed by atoms with van der Waals surface area (Å²) >= 11 is 0. The molecular weight excluding hydrogens is 857 g/mol. The molecule has 0 aromatic heterocycles. The fraction of sp³-hybridized carbons (Fsp3) is 0.642. The number of aldehydes is 1. The molecule has 372 valence electrons. The van der Waals surface area contributed by atoms with Crippen LogP contribution in [0.1, 0.15) is 138 Å². The summed E-state index contributed by atoms with van der Waals surface area (Å²) in [4.78, 5) is 33.8. The highest BCUT2D eigenvalue weighted by atomic mass is 16.7. The van der Waals surface area contributed by atoms with Crippen molar-refractivity contribution in [2.24, 2.45) is 22.9 Å². The Kier molecular flexibility index (Phi) is 23.0. The van der Waals surface area contributed by atoms with Crippen LogP contribution in [0.5, 0.6) is 23.0 Å². The van der Waals surface area contributed by atoms with Gasteiger partial charge in [-0.1, -0.05) is 94.9 Å². The van der Waals surface area contributed by atoms with Crippen molar-refractivity contribution in [2.75, 3.05) is 67.0 Å². The SMILES string of the molecule is C=CCOC12Oc3ccc(Oc4ccc(OC)c(C=O)c4)cc3C3C(CCCCO)C(CCCCO)C=C(C(=NOC)CC1N(CCOCCO)C(=O)OCCCCCCCCCCCC)C32. The van der Waals surface area contributed by atoms with Crippen LogP contribution in [0.25, 0.3) is 0 Å². The zero-order chi connectivity index (χ0) is 47.9.